The maximum absolute atomic E-state index is 12.5. The zero-order valence-electron chi connectivity index (χ0n) is 13.6. The highest BCUT2D eigenvalue weighted by atomic mass is 32.2. The van der Waals surface area contributed by atoms with Crippen LogP contribution in [0.25, 0.3) is 0 Å². The summed E-state index contributed by atoms with van der Waals surface area (Å²) in [6, 6.07) is 16.8. The van der Waals surface area contributed by atoms with E-state index in [1.54, 1.807) is 12.1 Å². The molecule has 3 rings (SSSR count). The summed E-state index contributed by atoms with van der Waals surface area (Å²) in [6.07, 6.45) is 3.47. The third-order valence-electron chi connectivity index (χ3n) is 4.16. The standard InChI is InChI=1S/C19H22N2O2S/c22-19(17-7-3-1-4-8-17)20-15-16-9-11-18(12-10-16)24(23)21-13-5-2-6-14-21/h1,3-4,7-12H,2,5-6,13-15H2,(H,20,22). The van der Waals surface area contributed by atoms with Crippen molar-refractivity contribution in [2.45, 2.75) is 30.7 Å². The third kappa shape index (κ3) is 4.30. The van der Waals surface area contributed by atoms with Crippen LogP contribution in [-0.4, -0.2) is 27.5 Å². The van der Waals surface area contributed by atoms with Gasteiger partial charge >= 0.3 is 0 Å². The number of hydrogen-bond donors (Lipinski definition) is 1. The fraction of sp³-hybridized carbons (Fsp3) is 0.316. The van der Waals surface area contributed by atoms with E-state index in [-0.39, 0.29) is 5.91 Å². The fourth-order valence-corrected chi connectivity index (χ4v) is 4.03. The van der Waals surface area contributed by atoms with Crippen LogP contribution >= 0.6 is 0 Å². The van der Waals surface area contributed by atoms with E-state index in [2.05, 4.69) is 5.32 Å². The lowest BCUT2D eigenvalue weighted by Gasteiger charge is -2.25. The van der Waals surface area contributed by atoms with E-state index in [0.717, 1.165) is 36.4 Å². The summed E-state index contributed by atoms with van der Waals surface area (Å²) in [5.41, 5.74) is 1.65. The van der Waals surface area contributed by atoms with Gasteiger partial charge in [0.1, 0.15) is 11.0 Å². The van der Waals surface area contributed by atoms with E-state index in [1.165, 1.54) is 6.42 Å². The highest BCUT2D eigenvalue weighted by Gasteiger charge is 2.17. The molecule has 1 unspecified atom stereocenters. The Kier molecular flexibility index (Phi) is 5.77. The normalized spacial score (nSPS) is 16.5. The second-order valence-corrected chi connectivity index (χ2v) is 7.42. The topological polar surface area (TPSA) is 49.4 Å². The lowest BCUT2D eigenvalue weighted by atomic mass is 10.2. The van der Waals surface area contributed by atoms with Crippen LogP contribution < -0.4 is 5.32 Å². The molecular weight excluding hydrogens is 320 g/mol. The SMILES string of the molecule is O=C(NCc1ccc(S(=O)N2CCCCC2)cc1)c1ccccc1. The van der Waals surface area contributed by atoms with E-state index >= 15 is 0 Å². The zero-order chi connectivity index (χ0) is 16.8. The van der Waals surface area contributed by atoms with E-state index < -0.39 is 11.0 Å². The summed E-state index contributed by atoms with van der Waals surface area (Å²) in [7, 11) is -1.07. The maximum atomic E-state index is 12.5. The molecule has 2 aromatic rings. The Morgan fingerprint density at radius 1 is 0.958 bits per heavy atom. The zero-order valence-corrected chi connectivity index (χ0v) is 14.4. The van der Waals surface area contributed by atoms with Crippen LogP contribution in [0, 0.1) is 0 Å². The Balaban J connectivity index is 1.56. The Bertz CT molecular complexity index is 695. The monoisotopic (exact) mass is 342 g/mol. The Labute approximate surface area is 145 Å². The second kappa shape index (κ2) is 8.22. The number of nitrogens with zero attached hydrogens (tertiary/aromatic N) is 1. The van der Waals surface area contributed by atoms with E-state index in [9.17, 15) is 9.00 Å². The molecule has 1 saturated heterocycles. The molecule has 0 spiro atoms. The first-order valence-corrected chi connectivity index (χ1v) is 9.44. The summed E-state index contributed by atoms with van der Waals surface area (Å²) in [5.74, 6) is -0.0865. The van der Waals surface area contributed by atoms with Crippen molar-refractivity contribution >= 4 is 16.9 Å². The van der Waals surface area contributed by atoms with Crippen LogP contribution in [0.5, 0.6) is 0 Å². The molecule has 1 amide bonds. The second-order valence-electron chi connectivity index (χ2n) is 5.93. The minimum absolute atomic E-state index is 0.0865. The largest absolute Gasteiger partial charge is 0.348 e. The molecule has 1 fully saturated rings. The summed E-state index contributed by atoms with van der Waals surface area (Å²) < 4.78 is 14.6. The molecule has 1 N–H and O–H groups in total. The Morgan fingerprint density at radius 3 is 2.29 bits per heavy atom. The minimum atomic E-state index is -1.07. The third-order valence-corrected chi connectivity index (χ3v) is 5.67. The van der Waals surface area contributed by atoms with E-state index in [1.807, 2.05) is 46.8 Å². The minimum Gasteiger partial charge on any atom is -0.348 e. The van der Waals surface area contributed by atoms with Gasteiger partial charge in [0.25, 0.3) is 5.91 Å². The number of rotatable bonds is 5. The van der Waals surface area contributed by atoms with Gasteiger partial charge in [-0.2, -0.15) is 0 Å². The van der Waals surface area contributed by atoms with Crippen molar-refractivity contribution in [3.05, 3.63) is 65.7 Å². The van der Waals surface area contributed by atoms with E-state index in [4.69, 9.17) is 0 Å². The van der Waals surface area contributed by atoms with Gasteiger partial charge in [-0.3, -0.25) is 4.79 Å². The summed E-state index contributed by atoms with van der Waals surface area (Å²) in [6.45, 7) is 2.27. The molecule has 1 heterocycles. The van der Waals surface area contributed by atoms with E-state index in [0.29, 0.717) is 12.1 Å². The molecule has 126 valence electrons. The van der Waals surface area contributed by atoms with Crippen molar-refractivity contribution in [1.82, 2.24) is 9.62 Å². The number of amides is 1. The molecule has 24 heavy (non-hydrogen) atoms. The number of carbonyl (C=O) groups is 1. The van der Waals surface area contributed by atoms with Gasteiger partial charge in [-0.05, 0) is 42.7 Å². The lowest BCUT2D eigenvalue weighted by molar-refractivity contribution is 0.0951. The van der Waals surface area contributed by atoms with Crippen LogP contribution in [-0.2, 0) is 17.5 Å². The van der Waals surface area contributed by atoms with Gasteiger partial charge in [0.05, 0.1) is 4.90 Å². The lowest BCUT2D eigenvalue weighted by Crippen LogP contribution is -2.31. The summed E-state index contributed by atoms with van der Waals surface area (Å²) in [5, 5.41) is 2.90. The van der Waals surface area contributed by atoms with Gasteiger partial charge in [-0.25, -0.2) is 8.51 Å². The first kappa shape index (κ1) is 16.9. The molecule has 0 saturated carbocycles. The first-order valence-electron chi connectivity index (χ1n) is 8.33. The molecule has 0 aromatic heterocycles. The number of piperidine rings is 1. The van der Waals surface area contributed by atoms with Crippen molar-refractivity contribution in [2.24, 2.45) is 0 Å². The highest BCUT2D eigenvalue weighted by Crippen LogP contribution is 2.17. The quantitative estimate of drug-likeness (QED) is 0.907. The van der Waals surface area contributed by atoms with Crippen LogP contribution in [0.15, 0.2) is 59.5 Å². The van der Waals surface area contributed by atoms with Crippen molar-refractivity contribution < 1.29 is 9.00 Å². The predicted molar refractivity (Wildman–Crippen MR) is 95.9 cm³/mol. The van der Waals surface area contributed by atoms with Crippen molar-refractivity contribution in [2.75, 3.05) is 13.1 Å². The first-order chi connectivity index (χ1) is 11.7. The number of benzene rings is 2. The maximum Gasteiger partial charge on any atom is 0.251 e. The van der Waals surface area contributed by atoms with Gasteiger partial charge in [-0.1, -0.05) is 36.8 Å². The molecule has 0 radical (unpaired) electrons. The van der Waals surface area contributed by atoms with Crippen LogP contribution in [0.2, 0.25) is 0 Å². The van der Waals surface area contributed by atoms with Gasteiger partial charge < -0.3 is 5.32 Å². The average molecular weight is 342 g/mol. The summed E-state index contributed by atoms with van der Waals surface area (Å²) in [4.78, 5) is 12.9. The number of nitrogens with one attached hydrogen (secondary N) is 1. The molecule has 5 heteroatoms. The van der Waals surface area contributed by atoms with Crippen LogP contribution in [0.3, 0.4) is 0 Å². The summed E-state index contributed by atoms with van der Waals surface area (Å²) >= 11 is 0. The predicted octanol–water partition coefficient (Wildman–Crippen LogP) is 3.13. The molecule has 0 bridgehead atoms. The number of carbonyl (C=O) groups excluding carboxylic acids is 1. The molecule has 1 atom stereocenters. The Hall–Kier alpha value is -1.98. The van der Waals surface area contributed by atoms with Crippen molar-refractivity contribution in [1.29, 1.82) is 0 Å². The molecule has 2 aromatic carbocycles. The highest BCUT2D eigenvalue weighted by molar-refractivity contribution is 7.82. The smallest absolute Gasteiger partial charge is 0.251 e. The molecular formula is C19H22N2O2S. The van der Waals surface area contributed by atoms with Gasteiger partial charge in [-0.15, -0.1) is 0 Å². The van der Waals surface area contributed by atoms with Gasteiger partial charge in [0, 0.05) is 25.2 Å². The van der Waals surface area contributed by atoms with Crippen LogP contribution in [0.4, 0.5) is 0 Å². The Morgan fingerprint density at radius 2 is 1.62 bits per heavy atom. The molecule has 1 aliphatic rings. The number of hydrogen-bond acceptors (Lipinski definition) is 2. The molecule has 4 nitrogen and oxygen atoms in total. The molecule has 1 aliphatic heterocycles. The van der Waals surface area contributed by atoms with Crippen molar-refractivity contribution in [3.8, 4) is 0 Å². The van der Waals surface area contributed by atoms with Gasteiger partial charge in [0.15, 0.2) is 0 Å². The van der Waals surface area contributed by atoms with Gasteiger partial charge in [0.2, 0.25) is 0 Å². The average Bonchev–Trinajstić information content (AvgIpc) is 2.67. The van der Waals surface area contributed by atoms with Crippen molar-refractivity contribution in [3.63, 3.8) is 0 Å². The fourth-order valence-electron chi connectivity index (χ4n) is 2.78. The van der Waals surface area contributed by atoms with Crippen LogP contribution in [0.1, 0.15) is 35.2 Å². The molecule has 0 aliphatic carbocycles.